The lowest BCUT2D eigenvalue weighted by Gasteiger charge is -2.56. The summed E-state index contributed by atoms with van der Waals surface area (Å²) in [6.07, 6.45) is 7.82. The van der Waals surface area contributed by atoms with E-state index >= 15 is 0 Å². The summed E-state index contributed by atoms with van der Waals surface area (Å²) in [5.41, 5.74) is 3.95. The van der Waals surface area contributed by atoms with Crippen molar-refractivity contribution in [3.63, 3.8) is 0 Å². The van der Waals surface area contributed by atoms with Crippen LogP contribution in [0.4, 0.5) is 5.82 Å². The summed E-state index contributed by atoms with van der Waals surface area (Å²) in [6, 6.07) is 12.7. The number of piperidine rings is 1. The number of rotatable bonds is 6. The lowest BCUT2D eigenvalue weighted by Crippen LogP contribution is -2.68. The van der Waals surface area contributed by atoms with Crippen molar-refractivity contribution in [1.82, 2.24) is 24.5 Å². The average molecular weight is 481 g/mol. The van der Waals surface area contributed by atoms with E-state index in [4.69, 9.17) is 9.72 Å². The van der Waals surface area contributed by atoms with E-state index in [0.717, 1.165) is 31.0 Å². The minimum atomic E-state index is -1.65. The smallest absolute Gasteiger partial charge is 0.481 e. The maximum atomic E-state index is 9.71. The maximum absolute atomic E-state index is 9.71. The Morgan fingerprint density at radius 2 is 1.94 bits per heavy atom. The number of pyridine rings is 3. The third kappa shape index (κ3) is 3.85. The van der Waals surface area contributed by atoms with Crippen molar-refractivity contribution < 1.29 is 14.8 Å². The molecule has 2 N–H and O–H groups in total. The zero-order valence-electron chi connectivity index (χ0n) is 19.7. The molecule has 3 saturated heterocycles. The summed E-state index contributed by atoms with van der Waals surface area (Å²) in [5, 5.41) is 33.1. The second-order valence-electron chi connectivity index (χ2n) is 9.26. The van der Waals surface area contributed by atoms with E-state index in [1.54, 1.807) is 19.4 Å². The van der Waals surface area contributed by atoms with Crippen molar-refractivity contribution in [3.8, 4) is 23.1 Å². The van der Waals surface area contributed by atoms with Crippen molar-refractivity contribution in [2.24, 2.45) is 0 Å². The van der Waals surface area contributed by atoms with Crippen LogP contribution in [-0.2, 0) is 6.54 Å². The van der Waals surface area contributed by atoms with Gasteiger partial charge in [0.2, 0.25) is 5.88 Å². The van der Waals surface area contributed by atoms with Gasteiger partial charge in [0.1, 0.15) is 11.9 Å². The van der Waals surface area contributed by atoms with Crippen molar-refractivity contribution >= 4 is 23.9 Å². The molecular formula is C25H24BN7O3. The van der Waals surface area contributed by atoms with Gasteiger partial charge in [-0.15, -0.1) is 0 Å². The van der Waals surface area contributed by atoms with Crippen LogP contribution in [0.5, 0.6) is 5.88 Å². The molecule has 2 unspecified atom stereocenters. The van der Waals surface area contributed by atoms with E-state index in [1.165, 1.54) is 28.9 Å². The lowest BCUT2D eigenvalue weighted by atomic mass is 9.80. The van der Waals surface area contributed by atoms with Crippen LogP contribution in [0.25, 0.3) is 16.6 Å². The first-order valence-corrected chi connectivity index (χ1v) is 11.8. The molecule has 0 amide bonds. The molecule has 10 nitrogen and oxygen atoms in total. The molecule has 4 aromatic heterocycles. The van der Waals surface area contributed by atoms with Crippen LogP contribution >= 0.6 is 0 Å². The summed E-state index contributed by atoms with van der Waals surface area (Å²) in [6.45, 7) is 2.69. The van der Waals surface area contributed by atoms with Gasteiger partial charge >= 0.3 is 7.12 Å². The number of hydrogen-bond acceptors (Lipinski definition) is 9. The van der Waals surface area contributed by atoms with Crippen LogP contribution in [0.2, 0.25) is 0 Å². The van der Waals surface area contributed by atoms with Crippen molar-refractivity contribution in [2.45, 2.75) is 25.0 Å². The number of anilines is 1. The number of nitrogens with zero attached hydrogens (tertiary/aromatic N) is 7. The Morgan fingerprint density at radius 1 is 1.11 bits per heavy atom. The summed E-state index contributed by atoms with van der Waals surface area (Å²) in [4.78, 5) is 13.9. The number of piperazine rings is 1. The van der Waals surface area contributed by atoms with Gasteiger partial charge in [0.15, 0.2) is 0 Å². The van der Waals surface area contributed by atoms with Crippen LogP contribution in [0.1, 0.15) is 17.5 Å². The fourth-order valence-corrected chi connectivity index (χ4v) is 5.29. The molecular weight excluding hydrogens is 457 g/mol. The summed E-state index contributed by atoms with van der Waals surface area (Å²) < 4.78 is 6.66. The molecule has 7 heterocycles. The molecule has 3 fully saturated rings. The normalized spacial score (nSPS) is 19.1. The number of aromatic nitrogens is 4. The van der Waals surface area contributed by atoms with E-state index in [0.29, 0.717) is 34.6 Å². The van der Waals surface area contributed by atoms with Gasteiger partial charge in [0.25, 0.3) is 0 Å². The van der Waals surface area contributed by atoms with Gasteiger partial charge in [-0.2, -0.15) is 10.4 Å². The summed E-state index contributed by atoms with van der Waals surface area (Å²) >= 11 is 0. The summed E-state index contributed by atoms with van der Waals surface area (Å²) in [7, 11) is -0.0259. The third-order valence-corrected chi connectivity index (χ3v) is 7.15. The standard InChI is InChI=1S/C25H24BN7O3/c1-36-24-5-2-16(9-29-24)12-32-20-7-21(32)15-31(14-20)23-4-3-17(10-28-23)22-6-19(26(34)35)13-33-25(22)18(8-27)11-30-33/h2-6,9-11,13,20-21,34-35H,7,12,14-15H2,1H3. The topological polar surface area (TPSA) is 123 Å². The molecule has 7 rings (SSSR count). The second kappa shape index (κ2) is 8.91. The molecule has 0 aliphatic carbocycles. The minimum Gasteiger partial charge on any atom is -0.481 e. The van der Waals surface area contributed by atoms with Gasteiger partial charge in [-0.1, -0.05) is 12.1 Å². The number of methoxy groups -OCH3 is 1. The molecule has 2 atom stereocenters. The highest BCUT2D eigenvalue weighted by atomic mass is 16.5. The van der Waals surface area contributed by atoms with E-state index in [1.807, 2.05) is 24.4 Å². The monoisotopic (exact) mass is 481 g/mol. The zero-order valence-corrected chi connectivity index (χ0v) is 19.7. The van der Waals surface area contributed by atoms with Crippen LogP contribution < -0.4 is 15.1 Å². The van der Waals surface area contributed by atoms with Gasteiger partial charge in [0, 0.05) is 73.0 Å². The van der Waals surface area contributed by atoms with Crippen LogP contribution in [-0.4, -0.2) is 73.9 Å². The number of fused-ring (bicyclic) bond motifs is 3. The fraction of sp³-hybridized carbons (Fsp3) is 0.280. The highest BCUT2D eigenvalue weighted by molar-refractivity contribution is 6.58. The number of nitriles is 1. The van der Waals surface area contributed by atoms with Gasteiger partial charge in [0.05, 0.1) is 24.4 Å². The van der Waals surface area contributed by atoms with Gasteiger partial charge in [-0.25, -0.2) is 14.5 Å². The average Bonchev–Trinajstić information content (AvgIpc) is 3.35. The molecule has 11 heteroatoms. The van der Waals surface area contributed by atoms with E-state index in [9.17, 15) is 15.3 Å². The Hall–Kier alpha value is -3.98. The van der Waals surface area contributed by atoms with Crippen LogP contribution in [0.15, 0.2) is 55.1 Å². The number of ether oxygens (including phenoxy) is 1. The van der Waals surface area contributed by atoms with Crippen molar-refractivity contribution in [1.29, 1.82) is 5.26 Å². The van der Waals surface area contributed by atoms with Crippen LogP contribution in [0.3, 0.4) is 0 Å². The van der Waals surface area contributed by atoms with Crippen molar-refractivity contribution in [3.05, 3.63) is 66.2 Å². The summed E-state index contributed by atoms with van der Waals surface area (Å²) in [5.74, 6) is 1.53. The van der Waals surface area contributed by atoms with E-state index in [-0.39, 0.29) is 5.46 Å². The van der Waals surface area contributed by atoms with Gasteiger partial charge in [-0.3, -0.25) is 4.90 Å². The SMILES string of the molecule is COc1ccc(CN2C3CC2CN(c2ccc(-c4cc(B(O)O)cn5ncc(C#N)c45)cn2)C3)cn1. The zero-order chi connectivity index (χ0) is 24.8. The molecule has 180 valence electrons. The second-order valence-corrected chi connectivity index (χ2v) is 9.26. The van der Waals surface area contributed by atoms with Crippen LogP contribution in [0, 0.1) is 11.3 Å². The molecule has 3 aliphatic rings. The predicted molar refractivity (Wildman–Crippen MR) is 134 cm³/mol. The Bertz CT molecular complexity index is 1440. The molecule has 0 spiro atoms. The Kier molecular flexibility index (Phi) is 5.57. The Balaban J connectivity index is 1.20. The molecule has 36 heavy (non-hydrogen) atoms. The first-order valence-electron chi connectivity index (χ1n) is 11.8. The minimum absolute atomic E-state index is 0.289. The molecule has 4 aromatic rings. The highest BCUT2D eigenvalue weighted by Gasteiger charge is 2.44. The molecule has 2 bridgehead atoms. The molecule has 0 radical (unpaired) electrons. The highest BCUT2D eigenvalue weighted by Crippen LogP contribution is 2.36. The third-order valence-electron chi connectivity index (χ3n) is 7.15. The Labute approximate surface area is 208 Å². The number of hydrogen-bond donors (Lipinski definition) is 2. The largest absolute Gasteiger partial charge is 0.490 e. The first-order chi connectivity index (χ1) is 17.5. The predicted octanol–water partition coefficient (Wildman–Crippen LogP) is 0.814. The van der Waals surface area contributed by atoms with E-state index in [2.05, 4.69) is 32.0 Å². The fourth-order valence-electron chi connectivity index (χ4n) is 5.29. The van der Waals surface area contributed by atoms with Gasteiger partial charge < -0.3 is 19.7 Å². The first kappa shape index (κ1) is 22.5. The molecule has 0 aromatic carbocycles. The van der Waals surface area contributed by atoms with Gasteiger partial charge in [-0.05, 0) is 24.1 Å². The molecule has 3 aliphatic heterocycles. The van der Waals surface area contributed by atoms with E-state index < -0.39 is 7.12 Å². The Morgan fingerprint density at radius 3 is 2.58 bits per heavy atom. The van der Waals surface area contributed by atoms with Crippen molar-refractivity contribution in [2.75, 3.05) is 25.1 Å². The maximum Gasteiger partial charge on any atom is 0.490 e. The quantitative estimate of drug-likeness (QED) is 0.385. The molecule has 0 saturated carbocycles. The lowest BCUT2D eigenvalue weighted by molar-refractivity contribution is -0.00876.